The lowest BCUT2D eigenvalue weighted by Gasteiger charge is -2.04. The first-order valence-electron chi connectivity index (χ1n) is 7.72. The van der Waals surface area contributed by atoms with Gasteiger partial charge < -0.3 is 5.32 Å². The summed E-state index contributed by atoms with van der Waals surface area (Å²) in [5.41, 5.74) is 4.37. The molecule has 1 aromatic heterocycles. The highest BCUT2D eigenvalue weighted by Crippen LogP contribution is 2.28. The van der Waals surface area contributed by atoms with E-state index in [0.717, 1.165) is 16.2 Å². The number of nitrogens with one attached hydrogen (secondary N) is 1. The highest BCUT2D eigenvalue weighted by Gasteiger charge is 2.10. The van der Waals surface area contributed by atoms with E-state index in [1.807, 2.05) is 29.6 Å². The zero-order valence-corrected chi connectivity index (χ0v) is 16.3. The number of amides is 1. The number of hydrogen-bond acceptors (Lipinski definition) is 4. The lowest BCUT2D eigenvalue weighted by Crippen LogP contribution is -2.13. The van der Waals surface area contributed by atoms with Crippen LogP contribution in [0.5, 0.6) is 0 Å². The molecule has 1 amide bonds. The number of thiazole rings is 1. The van der Waals surface area contributed by atoms with E-state index in [1.54, 1.807) is 0 Å². The van der Waals surface area contributed by atoms with Crippen LogP contribution in [0.25, 0.3) is 11.3 Å². The molecule has 1 N–H and O–H groups in total. The molecule has 0 aliphatic carbocycles. The van der Waals surface area contributed by atoms with Crippen LogP contribution in [0.2, 0.25) is 5.02 Å². The molecule has 0 radical (unpaired) electrons. The molecule has 6 heteroatoms. The summed E-state index contributed by atoms with van der Waals surface area (Å²) < 4.78 is 0. The van der Waals surface area contributed by atoms with Crippen LogP contribution in [-0.2, 0) is 4.79 Å². The smallest absolute Gasteiger partial charge is 0.236 e. The van der Waals surface area contributed by atoms with Crippen LogP contribution in [0.1, 0.15) is 11.1 Å². The van der Waals surface area contributed by atoms with Gasteiger partial charge in [-0.2, -0.15) is 0 Å². The maximum absolute atomic E-state index is 12.1. The average Bonchev–Trinajstić information content (AvgIpc) is 3.05. The first-order valence-corrected chi connectivity index (χ1v) is 9.97. The summed E-state index contributed by atoms with van der Waals surface area (Å²) in [6.07, 6.45) is 0. The summed E-state index contributed by atoms with van der Waals surface area (Å²) in [5, 5.41) is 6.16. The SMILES string of the molecule is Cc1ccc(C)c(-c2csc(NC(=O)CSc3ccc(Cl)cc3)n2)c1. The lowest BCUT2D eigenvalue weighted by atomic mass is 10.0. The van der Waals surface area contributed by atoms with Crippen molar-refractivity contribution in [2.75, 3.05) is 11.1 Å². The van der Waals surface area contributed by atoms with Crippen LogP contribution in [0.15, 0.2) is 52.7 Å². The average molecular weight is 389 g/mol. The largest absolute Gasteiger partial charge is 0.301 e. The standard InChI is InChI=1S/C19H17ClN2OS2/c1-12-3-4-13(2)16(9-12)17-10-25-19(21-17)22-18(23)11-24-15-7-5-14(20)6-8-15/h3-10H,11H2,1-2H3,(H,21,22,23). The molecule has 1 heterocycles. The number of hydrogen-bond donors (Lipinski definition) is 1. The number of carbonyl (C=O) groups is 1. The van der Waals surface area contributed by atoms with E-state index in [9.17, 15) is 4.79 Å². The van der Waals surface area contributed by atoms with Gasteiger partial charge in [-0.1, -0.05) is 29.3 Å². The molecule has 0 aliphatic heterocycles. The molecule has 0 saturated carbocycles. The molecule has 0 bridgehead atoms. The molecule has 0 unspecified atom stereocenters. The Morgan fingerprint density at radius 3 is 2.72 bits per heavy atom. The molecule has 2 aromatic carbocycles. The highest BCUT2D eigenvalue weighted by atomic mass is 35.5. The first kappa shape index (κ1) is 18.0. The predicted octanol–water partition coefficient (Wildman–Crippen LogP) is 5.81. The Balaban J connectivity index is 1.62. The van der Waals surface area contributed by atoms with Gasteiger partial charge in [-0.3, -0.25) is 4.79 Å². The molecule has 0 aliphatic rings. The Morgan fingerprint density at radius 2 is 1.96 bits per heavy atom. The Hall–Kier alpha value is -1.82. The zero-order valence-electron chi connectivity index (χ0n) is 13.9. The number of benzene rings is 2. The van der Waals surface area contributed by atoms with Gasteiger partial charge in [-0.15, -0.1) is 23.1 Å². The zero-order chi connectivity index (χ0) is 17.8. The molecular weight excluding hydrogens is 372 g/mol. The Bertz CT molecular complexity index is 891. The van der Waals surface area contributed by atoms with Gasteiger partial charge >= 0.3 is 0 Å². The monoisotopic (exact) mass is 388 g/mol. The van der Waals surface area contributed by atoms with Crippen LogP contribution in [0.3, 0.4) is 0 Å². The molecule has 128 valence electrons. The maximum Gasteiger partial charge on any atom is 0.236 e. The molecule has 0 saturated heterocycles. The summed E-state index contributed by atoms with van der Waals surface area (Å²) >= 11 is 8.77. The van der Waals surface area contributed by atoms with Gasteiger partial charge in [0.1, 0.15) is 0 Å². The van der Waals surface area contributed by atoms with E-state index in [4.69, 9.17) is 11.6 Å². The second-order valence-electron chi connectivity index (χ2n) is 5.65. The third-order valence-electron chi connectivity index (χ3n) is 3.60. The summed E-state index contributed by atoms with van der Waals surface area (Å²) in [6, 6.07) is 13.7. The Morgan fingerprint density at radius 1 is 1.20 bits per heavy atom. The number of carbonyl (C=O) groups excluding carboxylic acids is 1. The van der Waals surface area contributed by atoms with Gasteiger partial charge in [-0.25, -0.2) is 4.98 Å². The number of anilines is 1. The fourth-order valence-corrected chi connectivity index (χ4v) is 3.85. The van der Waals surface area contributed by atoms with Crippen molar-refractivity contribution in [3.63, 3.8) is 0 Å². The predicted molar refractivity (Wildman–Crippen MR) is 108 cm³/mol. The minimum Gasteiger partial charge on any atom is -0.301 e. The first-order chi connectivity index (χ1) is 12.0. The van der Waals surface area contributed by atoms with E-state index in [0.29, 0.717) is 15.9 Å². The Kier molecular flexibility index (Phi) is 5.78. The molecular formula is C19H17ClN2OS2. The second kappa shape index (κ2) is 8.04. The fourth-order valence-electron chi connectivity index (χ4n) is 2.30. The van der Waals surface area contributed by atoms with Crippen molar-refractivity contribution < 1.29 is 4.79 Å². The van der Waals surface area contributed by atoms with Gasteiger partial charge in [-0.05, 0) is 49.7 Å². The molecule has 0 atom stereocenters. The van der Waals surface area contributed by atoms with E-state index < -0.39 is 0 Å². The van der Waals surface area contributed by atoms with Gasteiger partial charge in [0.25, 0.3) is 0 Å². The van der Waals surface area contributed by atoms with Crippen molar-refractivity contribution in [3.05, 3.63) is 64.0 Å². The van der Waals surface area contributed by atoms with E-state index in [2.05, 4.69) is 42.3 Å². The fraction of sp³-hybridized carbons (Fsp3) is 0.158. The number of aromatic nitrogens is 1. The summed E-state index contributed by atoms with van der Waals surface area (Å²) in [6.45, 7) is 4.13. The topological polar surface area (TPSA) is 42.0 Å². The Labute approximate surface area is 160 Å². The van der Waals surface area contributed by atoms with E-state index >= 15 is 0 Å². The van der Waals surface area contributed by atoms with Crippen molar-refractivity contribution in [2.45, 2.75) is 18.7 Å². The highest BCUT2D eigenvalue weighted by molar-refractivity contribution is 8.00. The lowest BCUT2D eigenvalue weighted by molar-refractivity contribution is -0.113. The van der Waals surface area contributed by atoms with Crippen molar-refractivity contribution in [1.29, 1.82) is 0 Å². The number of thioether (sulfide) groups is 1. The molecule has 0 spiro atoms. The van der Waals surface area contributed by atoms with Crippen LogP contribution in [0, 0.1) is 13.8 Å². The van der Waals surface area contributed by atoms with Gasteiger partial charge in [0.05, 0.1) is 11.4 Å². The van der Waals surface area contributed by atoms with Crippen LogP contribution >= 0.6 is 34.7 Å². The van der Waals surface area contributed by atoms with Gasteiger partial charge in [0.2, 0.25) is 5.91 Å². The molecule has 3 nitrogen and oxygen atoms in total. The van der Waals surface area contributed by atoms with Crippen LogP contribution in [0.4, 0.5) is 5.13 Å². The number of nitrogens with zero attached hydrogens (tertiary/aromatic N) is 1. The minimum atomic E-state index is -0.0678. The minimum absolute atomic E-state index is 0.0678. The van der Waals surface area contributed by atoms with Crippen molar-refractivity contribution in [3.8, 4) is 11.3 Å². The summed E-state index contributed by atoms with van der Waals surface area (Å²) in [4.78, 5) is 17.7. The molecule has 3 aromatic rings. The summed E-state index contributed by atoms with van der Waals surface area (Å²) in [7, 11) is 0. The van der Waals surface area contributed by atoms with E-state index in [-0.39, 0.29) is 5.91 Å². The van der Waals surface area contributed by atoms with Gasteiger partial charge in [0.15, 0.2) is 5.13 Å². The maximum atomic E-state index is 12.1. The quantitative estimate of drug-likeness (QED) is 0.560. The van der Waals surface area contributed by atoms with E-state index in [1.165, 1.54) is 34.2 Å². The third kappa shape index (κ3) is 4.84. The normalized spacial score (nSPS) is 10.7. The third-order valence-corrected chi connectivity index (χ3v) is 5.62. The number of aryl methyl sites for hydroxylation is 2. The number of rotatable bonds is 5. The van der Waals surface area contributed by atoms with Gasteiger partial charge in [0, 0.05) is 20.9 Å². The van der Waals surface area contributed by atoms with Crippen LogP contribution < -0.4 is 5.32 Å². The molecule has 0 fully saturated rings. The van der Waals surface area contributed by atoms with Crippen molar-refractivity contribution in [1.82, 2.24) is 4.98 Å². The molecule has 3 rings (SSSR count). The molecule has 25 heavy (non-hydrogen) atoms. The second-order valence-corrected chi connectivity index (χ2v) is 7.99. The van der Waals surface area contributed by atoms with Crippen LogP contribution in [-0.4, -0.2) is 16.6 Å². The number of halogens is 1. The summed E-state index contributed by atoms with van der Waals surface area (Å²) in [5.74, 6) is 0.266. The van der Waals surface area contributed by atoms with Crippen molar-refractivity contribution in [2.24, 2.45) is 0 Å². The van der Waals surface area contributed by atoms with Crippen molar-refractivity contribution >= 4 is 45.7 Å².